The number of carbonyl (C=O) groups excluding carboxylic acids is 1. The number of rotatable bonds is 10. The van der Waals surface area contributed by atoms with Gasteiger partial charge < -0.3 is 4.74 Å². The van der Waals surface area contributed by atoms with Gasteiger partial charge in [-0.2, -0.15) is 0 Å². The fourth-order valence-corrected chi connectivity index (χ4v) is 2.29. The van der Waals surface area contributed by atoms with E-state index in [1.165, 1.54) is 49.4 Å². The van der Waals surface area contributed by atoms with Crippen molar-refractivity contribution >= 4 is 6.09 Å². The molecule has 1 aromatic heterocycles. The lowest BCUT2D eigenvalue weighted by Gasteiger charge is -2.16. The van der Waals surface area contributed by atoms with Gasteiger partial charge in [-0.3, -0.25) is 0 Å². The van der Waals surface area contributed by atoms with Crippen LogP contribution in [0.1, 0.15) is 79.1 Å². The van der Waals surface area contributed by atoms with Gasteiger partial charge in [0.15, 0.2) is 0 Å². The van der Waals surface area contributed by atoms with Gasteiger partial charge in [0, 0.05) is 12.4 Å². The summed E-state index contributed by atoms with van der Waals surface area (Å²) in [7, 11) is 0. The number of carbonyl (C=O) groups is 1. The van der Waals surface area contributed by atoms with Gasteiger partial charge in [-0.05, 0) is 18.8 Å². The van der Waals surface area contributed by atoms with E-state index in [0.717, 1.165) is 12.8 Å². The Bertz CT molecular complexity index is 350. The smallest absolute Gasteiger partial charge is 0.419 e. The molecule has 1 atom stereocenters. The van der Waals surface area contributed by atoms with Gasteiger partial charge in [-0.1, -0.05) is 66.2 Å². The Kier molecular flexibility index (Phi) is 13.7. The second-order valence-corrected chi connectivity index (χ2v) is 5.40. The molecule has 1 aromatic rings. The van der Waals surface area contributed by atoms with E-state index in [9.17, 15) is 4.79 Å². The topological polar surface area (TPSA) is 44.1 Å². The summed E-state index contributed by atoms with van der Waals surface area (Å²) in [5, 5.41) is 0. The van der Waals surface area contributed by atoms with Gasteiger partial charge in [-0.15, -0.1) is 0 Å². The molecule has 0 aromatic carbocycles. The van der Waals surface area contributed by atoms with Gasteiger partial charge in [0.2, 0.25) is 0 Å². The molecule has 0 spiro atoms. The molecular weight excluding hydrogens is 276 g/mol. The van der Waals surface area contributed by atoms with E-state index >= 15 is 0 Å². The van der Waals surface area contributed by atoms with Crippen LogP contribution in [0.4, 0.5) is 4.79 Å². The lowest BCUT2D eigenvalue weighted by atomic mass is 9.96. The van der Waals surface area contributed by atoms with Crippen LogP contribution in [-0.2, 0) is 4.74 Å². The highest BCUT2D eigenvalue weighted by Crippen LogP contribution is 2.18. The van der Waals surface area contributed by atoms with Crippen LogP contribution in [0.2, 0.25) is 0 Å². The number of hydrogen-bond donors (Lipinski definition) is 0. The van der Waals surface area contributed by atoms with Crippen molar-refractivity contribution in [2.45, 2.75) is 79.1 Å². The Morgan fingerprint density at radius 2 is 1.77 bits per heavy atom. The minimum Gasteiger partial charge on any atom is -0.449 e. The molecular formula is C18H34N2O2. The highest BCUT2D eigenvalue weighted by Gasteiger charge is 2.12. The van der Waals surface area contributed by atoms with E-state index in [4.69, 9.17) is 4.74 Å². The normalized spacial score (nSPS) is 11.5. The molecule has 0 radical (unpaired) electrons. The maximum atomic E-state index is 11.8. The summed E-state index contributed by atoms with van der Waals surface area (Å²) in [6.45, 7) is 8.95. The van der Waals surface area contributed by atoms with Crippen LogP contribution >= 0.6 is 0 Å². The zero-order chi connectivity index (χ0) is 16.6. The Labute approximate surface area is 136 Å². The molecule has 0 saturated heterocycles. The fraction of sp³-hybridized carbons (Fsp3) is 0.778. The number of unbranched alkanes of at least 4 members (excludes halogenated alkanes) is 4. The first-order valence-corrected chi connectivity index (χ1v) is 8.93. The first-order chi connectivity index (χ1) is 10.8. The molecule has 128 valence electrons. The van der Waals surface area contributed by atoms with Gasteiger partial charge in [0.25, 0.3) is 0 Å². The van der Waals surface area contributed by atoms with Crippen LogP contribution in [-0.4, -0.2) is 22.3 Å². The summed E-state index contributed by atoms with van der Waals surface area (Å²) in [4.78, 5) is 15.6. The van der Waals surface area contributed by atoms with Gasteiger partial charge in [0.05, 0.1) is 6.61 Å². The number of hydrogen-bond acceptors (Lipinski definition) is 3. The van der Waals surface area contributed by atoms with Crippen molar-refractivity contribution in [3.05, 3.63) is 18.7 Å². The second-order valence-electron chi connectivity index (χ2n) is 5.40. The molecule has 0 amide bonds. The van der Waals surface area contributed by atoms with Crippen LogP contribution in [0, 0.1) is 5.92 Å². The number of nitrogens with zero attached hydrogens (tertiary/aromatic N) is 2. The molecule has 0 fully saturated rings. The average molecular weight is 310 g/mol. The van der Waals surface area contributed by atoms with E-state index in [2.05, 4.69) is 18.8 Å². The first kappa shape index (κ1) is 20.7. The maximum absolute atomic E-state index is 11.8. The maximum Gasteiger partial charge on any atom is 0.419 e. The van der Waals surface area contributed by atoms with Crippen molar-refractivity contribution in [1.29, 1.82) is 0 Å². The van der Waals surface area contributed by atoms with E-state index < -0.39 is 0 Å². The minimum atomic E-state index is -0.322. The van der Waals surface area contributed by atoms with Crippen molar-refractivity contribution in [2.24, 2.45) is 5.92 Å². The van der Waals surface area contributed by atoms with Gasteiger partial charge in [-0.25, -0.2) is 14.3 Å². The molecule has 0 aliphatic heterocycles. The predicted molar refractivity (Wildman–Crippen MR) is 92.1 cm³/mol. The van der Waals surface area contributed by atoms with Crippen LogP contribution in [0.25, 0.3) is 0 Å². The summed E-state index contributed by atoms with van der Waals surface area (Å²) in [6, 6.07) is 0. The largest absolute Gasteiger partial charge is 0.449 e. The summed E-state index contributed by atoms with van der Waals surface area (Å²) in [6.07, 6.45) is 14.2. The molecule has 0 aliphatic rings. The molecule has 0 aliphatic carbocycles. The van der Waals surface area contributed by atoms with Crippen LogP contribution < -0.4 is 0 Å². The van der Waals surface area contributed by atoms with Crippen LogP contribution in [0.15, 0.2) is 18.7 Å². The van der Waals surface area contributed by atoms with Crippen molar-refractivity contribution in [1.82, 2.24) is 9.55 Å². The average Bonchev–Trinajstić information content (AvgIpc) is 3.09. The predicted octanol–water partition coefficient (Wildman–Crippen LogP) is 5.67. The summed E-state index contributed by atoms with van der Waals surface area (Å²) < 4.78 is 6.77. The zero-order valence-electron chi connectivity index (χ0n) is 14.9. The highest BCUT2D eigenvalue weighted by molar-refractivity contribution is 5.69. The summed E-state index contributed by atoms with van der Waals surface area (Å²) in [5.74, 6) is 0.499. The third-order valence-electron chi connectivity index (χ3n) is 3.59. The van der Waals surface area contributed by atoms with Crippen LogP contribution in [0.5, 0.6) is 0 Å². The van der Waals surface area contributed by atoms with E-state index in [0.29, 0.717) is 12.5 Å². The van der Waals surface area contributed by atoms with Crippen LogP contribution in [0.3, 0.4) is 0 Å². The summed E-state index contributed by atoms with van der Waals surface area (Å²) >= 11 is 0. The van der Waals surface area contributed by atoms with Crippen molar-refractivity contribution in [3.63, 3.8) is 0 Å². The number of imidazole rings is 1. The third-order valence-corrected chi connectivity index (χ3v) is 3.59. The van der Waals surface area contributed by atoms with Gasteiger partial charge in [0.1, 0.15) is 6.33 Å². The molecule has 1 heterocycles. The lowest BCUT2D eigenvalue weighted by Crippen LogP contribution is -2.18. The molecule has 22 heavy (non-hydrogen) atoms. The molecule has 0 bridgehead atoms. The minimum absolute atomic E-state index is 0.322. The zero-order valence-corrected chi connectivity index (χ0v) is 14.9. The molecule has 0 N–H and O–H groups in total. The molecule has 1 unspecified atom stereocenters. The third kappa shape index (κ3) is 9.59. The number of ether oxygens (including phenoxy) is 1. The van der Waals surface area contributed by atoms with E-state index in [-0.39, 0.29) is 6.09 Å². The monoisotopic (exact) mass is 310 g/mol. The first-order valence-electron chi connectivity index (χ1n) is 8.93. The molecule has 0 saturated carbocycles. The second kappa shape index (κ2) is 14.6. The molecule has 4 heteroatoms. The van der Waals surface area contributed by atoms with E-state index in [1.807, 2.05) is 13.8 Å². The Morgan fingerprint density at radius 3 is 2.36 bits per heavy atom. The fourth-order valence-electron chi connectivity index (χ4n) is 2.29. The Hall–Kier alpha value is -1.32. The number of aromatic nitrogens is 2. The summed E-state index contributed by atoms with van der Waals surface area (Å²) in [5.41, 5.74) is 0. The Morgan fingerprint density at radius 1 is 1.09 bits per heavy atom. The van der Waals surface area contributed by atoms with E-state index in [1.54, 1.807) is 12.4 Å². The quantitative estimate of drug-likeness (QED) is 0.523. The molecule has 1 rings (SSSR count). The highest BCUT2D eigenvalue weighted by atomic mass is 16.5. The molecule has 4 nitrogen and oxygen atoms in total. The van der Waals surface area contributed by atoms with Crippen molar-refractivity contribution in [3.8, 4) is 0 Å². The Balaban J connectivity index is 0.00000211. The lowest BCUT2D eigenvalue weighted by molar-refractivity contribution is 0.122. The van der Waals surface area contributed by atoms with Crippen molar-refractivity contribution < 1.29 is 9.53 Å². The van der Waals surface area contributed by atoms with Crippen molar-refractivity contribution in [2.75, 3.05) is 6.61 Å². The SMILES string of the molecule is CC.CCCCCCC(CCCC)COC(=O)n1ccnc1. The standard InChI is InChI=1S/C16H28N2O2.C2H6/c1-3-5-7-8-10-15(9-6-4-2)13-20-16(19)18-12-11-17-14-18;1-2/h11-12,14-15H,3-10,13H2,1-2H3;1-2H3. The van der Waals surface area contributed by atoms with Gasteiger partial charge >= 0.3 is 6.09 Å².